The van der Waals surface area contributed by atoms with Gasteiger partial charge in [0.1, 0.15) is 17.5 Å². The zero-order valence-electron chi connectivity index (χ0n) is 35.8. The maximum absolute atomic E-state index is 5.81. The molecule has 0 N–H and O–H groups in total. The molecule has 5 aromatic heterocycles. The third-order valence-corrected chi connectivity index (χ3v) is 13.5. The number of aliphatic imine (C=N–C) groups is 1. The van der Waals surface area contributed by atoms with Gasteiger partial charge in [-0.2, -0.15) is 0 Å². The summed E-state index contributed by atoms with van der Waals surface area (Å²) in [6.07, 6.45) is 5.96. The Kier molecular flexibility index (Phi) is 7.97. The molecule has 66 heavy (non-hydrogen) atoms. The minimum atomic E-state index is 0.589. The highest BCUT2D eigenvalue weighted by Gasteiger charge is 2.23. The van der Waals surface area contributed by atoms with Crippen LogP contribution in [0.25, 0.3) is 110 Å². The van der Waals surface area contributed by atoms with E-state index in [2.05, 4.69) is 231 Å². The predicted octanol–water partition coefficient (Wildman–Crippen LogP) is 14.5. The van der Waals surface area contributed by atoms with Crippen molar-refractivity contribution in [2.75, 3.05) is 0 Å². The molecule has 14 rings (SSSR count). The van der Waals surface area contributed by atoms with Crippen molar-refractivity contribution >= 4 is 104 Å². The van der Waals surface area contributed by atoms with Crippen LogP contribution in [0.3, 0.4) is 0 Å². The van der Waals surface area contributed by atoms with Crippen LogP contribution in [0.4, 0.5) is 0 Å². The Morgan fingerprint density at radius 3 is 0.985 bits per heavy atom. The van der Waals surface area contributed by atoms with Crippen molar-refractivity contribution < 1.29 is 0 Å². The number of nitrogens with zero attached hydrogens (tertiary/aromatic N) is 7. The lowest BCUT2D eigenvalue weighted by Gasteiger charge is -2.18. The number of allylic oxidation sites excluding steroid dienone is 3. The normalized spacial score (nSPS) is 14.4. The molecular formula is C59H39N7. The molecule has 0 atom stereocenters. The summed E-state index contributed by atoms with van der Waals surface area (Å²) in [6.45, 7) is 0. The molecule has 0 bridgehead atoms. The second-order valence-corrected chi connectivity index (χ2v) is 17.1. The molecule has 0 unspecified atom stereocenters. The second-order valence-electron chi connectivity index (χ2n) is 17.1. The van der Waals surface area contributed by atoms with Crippen LogP contribution in [-0.4, -0.2) is 33.9 Å². The van der Waals surface area contributed by atoms with Crippen LogP contribution in [0, 0.1) is 0 Å². The quantitative estimate of drug-likeness (QED) is 0.173. The van der Waals surface area contributed by atoms with Crippen LogP contribution < -0.4 is 0 Å². The Bertz CT molecular complexity index is 3900. The van der Waals surface area contributed by atoms with E-state index in [1.54, 1.807) is 0 Å². The largest absolute Gasteiger partial charge is 0.309 e. The fourth-order valence-corrected chi connectivity index (χ4v) is 10.7. The summed E-state index contributed by atoms with van der Waals surface area (Å²) >= 11 is 0. The number of hydrogen-bond donors (Lipinski definition) is 0. The van der Waals surface area contributed by atoms with E-state index in [1.807, 2.05) is 0 Å². The molecule has 0 spiro atoms. The van der Waals surface area contributed by atoms with E-state index in [4.69, 9.17) is 15.0 Å². The molecular weight excluding hydrogens is 807 g/mol. The van der Waals surface area contributed by atoms with E-state index in [0.29, 0.717) is 12.2 Å². The van der Waals surface area contributed by atoms with Crippen molar-refractivity contribution in [1.82, 2.24) is 28.2 Å². The molecule has 7 heteroatoms. The van der Waals surface area contributed by atoms with E-state index in [0.717, 1.165) is 79.4 Å². The maximum atomic E-state index is 5.81. The number of rotatable bonds is 5. The lowest BCUT2D eigenvalue weighted by atomic mass is 10.1. The Labute approximate surface area is 378 Å². The van der Waals surface area contributed by atoms with Crippen LogP contribution in [0.15, 0.2) is 217 Å². The number of benzene rings is 8. The second kappa shape index (κ2) is 14.4. The van der Waals surface area contributed by atoms with Gasteiger partial charge in [-0.15, -0.1) is 0 Å². The number of para-hydroxylation sites is 8. The molecule has 0 aliphatic carbocycles. The summed E-state index contributed by atoms with van der Waals surface area (Å²) in [5.41, 5.74) is 10.7. The first-order valence-corrected chi connectivity index (χ1v) is 22.6. The molecule has 0 saturated carbocycles. The number of fused-ring (bicyclic) bond motifs is 12. The van der Waals surface area contributed by atoms with Crippen LogP contribution in [-0.2, 0) is 0 Å². The first-order chi connectivity index (χ1) is 32.8. The smallest absolute Gasteiger partial charge is 0.178 e. The fraction of sp³-hybridized carbons (Fsp3) is 0.0339. The van der Waals surface area contributed by atoms with Crippen molar-refractivity contribution in [2.24, 2.45) is 4.99 Å². The third kappa shape index (κ3) is 5.40. The third-order valence-electron chi connectivity index (χ3n) is 13.5. The van der Waals surface area contributed by atoms with Crippen LogP contribution >= 0.6 is 0 Å². The van der Waals surface area contributed by atoms with Gasteiger partial charge in [-0.05, 0) is 61.4 Å². The van der Waals surface area contributed by atoms with E-state index >= 15 is 0 Å². The first-order valence-electron chi connectivity index (χ1n) is 22.6. The molecule has 8 aromatic carbocycles. The molecule has 0 saturated heterocycles. The number of hydrogen-bond acceptors (Lipinski definition) is 3. The lowest BCUT2D eigenvalue weighted by Crippen LogP contribution is -2.15. The van der Waals surface area contributed by atoms with E-state index in [-0.39, 0.29) is 0 Å². The van der Waals surface area contributed by atoms with Gasteiger partial charge in [0, 0.05) is 60.9 Å². The lowest BCUT2D eigenvalue weighted by molar-refractivity contribution is 0.955. The predicted molar refractivity (Wildman–Crippen MR) is 274 cm³/mol. The van der Waals surface area contributed by atoms with Gasteiger partial charge >= 0.3 is 0 Å². The summed E-state index contributed by atoms with van der Waals surface area (Å²) in [5.74, 6) is 2.94. The van der Waals surface area contributed by atoms with Gasteiger partial charge in [0.2, 0.25) is 0 Å². The number of aromatic nitrogens is 6. The highest BCUT2D eigenvalue weighted by molar-refractivity contribution is 6.14. The first kappa shape index (κ1) is 36.7. The highest BCUT2D eigenvalue weighted by Crippen LogP contribution is 2.39. The van der Waals surface area contributed by atoms with Crippen LogP contribution in [0.5, 0.6) is 0 Å². The van der Waals surface area contributed by atoms with Gasteiger partial charge in [0.15, 0.2) is 5.82 Å². The molecule has 310 valence electrons. The Morgan fingerprint density at radius 2 is 0.636 bits per heavy atom. The molecule has 13 aromatic rings. The summed E-state index contributed by atoms with van der Waals surface area (Å²) in [4.78, 5) is 17.0. The Balaban J connectivity index is 1.07. The monoisotopic (exact) mass is 845 g/mol. The zero-order chi connectivity index (χ0) is 43.3. The van der Waals surface area contributed by atoms with E-state index in [1.165, 1.54) is 43.1 Å². The molecule has 1 aliphatic rings. The van der Waals surface area contributed by atoms with Gasteiger partial charge in [0.25, 0.3) is 0 Å². The highest BCUT2D eigenvalue weighted by atomic mass is 15.2. The Hall–Kier alpha value is -8.81. The minimum Gasteiger partial charge on any atom is -0.309 e. The van der Waals surface area contributed by atoms with Gasteiger partial charge in [0.05, 0.1) is 49.8 Å². The zero-order valence-corrected chi connectivity index (χ0v) is 35.8. The SMILES string of the molecule is C1=C(n2c3ccccc3c3ccccc32)/C=C(/n2c3ccccc3c3ccccc32)N=C(c2nc(-n3c4ccccc4c4ccccc43)cc(-n3c4ccccc4c4ccccc43)n2)CC1. The molecule has 0 amide bonds. The molecule has 1 aliphatic heterocycles. The van der Waals surface area contributed by atoms with Crippen molar-refractivity contribution in [3.63, 3.8) is 0 Å². The van der Waals surface area contributed by atoms with Gasteiger partial charge in [-0.25, -0.2) is 15.0 Å². The average Bonchev–Trinajstić information content (AvgIpc) is 4.10. The fourth-order valence-electron chi connectivity index (χ4n) is 10.7. The summed E-state index contributed by atoms with van der Waals surface area (Å²) in [7, 11) is 0. The average molecular weight is 846 g/mol. The van der Waals surface area contributed by atoms with Crippen molar-refractivity contribution in [3.8, 4) is 11.6 Å². The van der Waals surface area contributed by atoms with E-state index < -0.39 is 0 Å². The standard InChI is InChI=1S/C59H39N7/c1-9-28-48-39(19-1)40-20-2-10-29-49(40)63(48)38-18-17-27-47(60-56(36-38)64-50-30-11-3-21-41(50)42-22-4-12-31-51(42)64)59-61-57(65-52-32-13-5-23-43(52)44-24-6-14-33-53(44)65)37-58(62-59)66-54-34-15-7-25-45(54)46-26-8-16-35-55(46)66/h1-16,18-26,28-37H,17,27H2/b38-18?,56-36+,60-47?. The molecule has 0 fully saturated rings. The summed E-state index contributed by atoms with van der Waals surface area (Å²) in [6, 6.07) is 71.3. The maximum Gasteiger partial charge on any atom is 0.178 e. The minimum absolute atomic E-state index is 0.589. The molecule has 0 radical (unpaired) electrons. The molecule has 6 heterocycles. The Morgan fingerprint density at radius 1 is 0.333 bits per heavy atom. The van der Waals surface area contributed by atoms with Gasteiger partial charge in [-0.3, -0.25) is 13.7 Å². The topological polar surface area (TPSA) is 57.9 Å². The summed E-state index contributed by atoms with van der Waals surface area (Å²) in [5, 5.41) is 9.49. The van der Waals surface area contributed by atoms with Crippen molar-refractivity contribution in [3.05, 3.63) is 218 Å². The molecule has 7 nitrogen and oxygen atoms in total. The van der Waals surface area contributed by atoms with Crippen LogP contribution in [0.2, 0.25) is 0 Å². The summed E-state index contributed by atoms with van der Waals surface area (Å²) < 4.78 is 9.31. The van der Waals surface area contributed by atoms with Gasteiger partial charge < -0.3 is 4.57 Å². The van der Waals surface area contributed by atoms with Crippen molar-refractivity contribution in [2.45, 2.75) is 12.8 Å². The van der Waals surface area contributed by atoms with Crippen molar-refractivity contribution in [1.29, 1.82) is 0 Å². The van der Waals surface area contributed by atoms with E-state index in [9.17, 15) is 0 Å². The van der Waals surface area contributed by atoms with Crippen LogP contribution in [0.1, 0.15) is 18.7 Å². The van der Waals surface area contributed by atoms with Gasteiger partial charge in [-0.1, -0.05) is 152 Å².